The Labute approximate surface area is 169 Å². The van der Waals surface area contributed by atoms with Gasteiger partial charge in [0.15, 0.2) is 5.78 Å². The van der Waals surface area contributed by atoms with Crippen molar-refractivity contribution in [3.8, 4) is 0 Å². The lowest BCUT2D eigenvalue weighted by Crippen LogP contribution is -2.48. The first-order valence-electron chi connectivity index (χ1n) is 10.7. The van der Waals surface area contributed by atoms with Gasteiger partial charge in [0.1, 0.15) is 0 Å². The van der Waals surface area contributed by atoms with Crippen LogP contribution in [-0.4, -0.2) is 38.6 Å². The van der Waals surface area contributed by atoms with E-state index in [4.69, 9.17) is 10.2 Å². The molecule has 0 heterocycles. The average molecular weight is 399 g/mol. The van der Waals surface area contributed by atoms with E-state index >= 15 is 0 Å². The van der Waals surface area contributed by atoms with Crippen LogP contribution in [0.2, 0.25) is 0 Å². The number of aliphatic carboxylic acids is 2. The number of hydrogen-bond donors (Lipinski definition) is 3. The van der Waals surface area contributed by atoms with E-state index in [0.717, 1.165) is 38.5 Å². The second-order valence-electron chi connectivity index (χ2n) is 7.49. The number of aliphatic hydroxyl groups is 1. The highest BCUT2D eigenvalue weighted by Crippen LogP contribution is 2.18. The van der Waals surface area contributed by atoms with Gasteiger partial charge in [0.2, 0.25) is 5.60 Å². The van der Waals surface area contributed by atoms with Crippen LogP contribution in [0.3, 0.4) is 0 Å². The molecule has 0 aliphatic rings. The minimum atomic E-state index is -2.81. The Morgan fingerprint density at radius 1 is 0.750 bits per heavy atom. The summed E-state index contributed by atoms with van der Waals surface area (Å²) in [7, 11) is 0. The van der Waals surface area contributed by atoms with Crippen LogP contribution in [0.5, 0.6) is 0 Å². The molecule has 6 heteroatoms. The number of carbonyl (C=O) groups is 3. The van der Waals surface area contributed by atoms with Gasteiger partial charge in [-0.3, -0.25) is 9.59 Å². The van der Waals surface area contributed by atoms with Crippen molar-refractivity contribution in [2.24, 2.45) is 0 Å². The van der Waals surface area contributed by atoms with Gasteiger partial charge >= 0.3 is 11.9 Å². The molecule has 0 fully saturated rings. The lowest BCUT2D eigenvalue weighted by atomic mass is 9.91. The van der Waals surface area contributed by atoms with E-state index in [1.54, 1.807) is 0 Å². The zero-order valence-corrected chi connectivity index (χ0v) is 17.3. The molecule has 0 saturated carbocycles. The molecule has 0 aliphatic heterocycles. The summed E-state index contributed by atoms with van der Waals surface area (Å²) in [6.07, 6.45) is 17.6. The number of rotatable bonds is 19. The van der Waals surface area contributed by atoms with E-state index in [0.29, 0.717) is 6.42 Å². The van der Waals surface area contributed by atoms with Crippen molar-refractivity contribution < 1.29 is 29.7 Å². The summed E-state index contributed by atoms with van der Waals surface area (Å²) >= 11 is 0. The summed E-state index contributed by atoms with van der Waals surface area (Å²) in [6, 6.07) is 0. The quantitative estimate of drug-likeness (QED) is 0.162. The van der Waals surface area contributed by atoms with Crippen LogP contribution in [0.25, 0.3) is 0 Å². The van der Waals surface area contributed by atoms with E-state index in [9.17, 15) is 19.5 Å². The van der Waals surface area contributed by atoms with Crippen molar-refractivity contribution in [2.45, 2.75) is 109 Å². The predicted octanol–water partition coefficient (Wildman–Crippen LogP) is 4.88. The Kier molecular flexibility index (Phi) is 15.3. The Balaban J connectivity index is 3.68. The molecule has 1 unspecified atom stereocenters. The summed E-state index contributed by atoms with van der Waals surface area (Å²) in [5, 5.41) is 27.4. The number of hydrogen-bond acceptors (Lipinski definition) is 4. The largest absolute Gasteiger partial charge is 0.481 e. The molecule has 0 rings (SSSR count). The number of ketones is 1. The molecule has 0 spiro atoms. The first kappa shape index (κ1) is 26.3. The van der Waals surface area contributed by atoms with Gasteiger partial charge in [-0.2, -0.15) is 0 Å². The first-order valence-corrected chi connectivity index (χ1v) is 10.7. The van der Waals surface area contributed by atoms with Crippen molar-refractivity contribution in [3.63, 3.8) is 0 Å². The fourth-order valence-corrected chi connectivity index (χ4v) is 3.08. The van der Waals surface area contributed by atoms with Crippen LogP contribution in [0.15, 0.2) is 12.2 Å². The molecule has 28 heavy (non-hydrogen) atoms. The van der Waals surface area contributed by atoms with Crippen LogP contribution in [0, 0.1) is 0 Å². The summed E-state index contributed by atoms with van der Waals surface area (Å²) in [4.78, 5) is 33.5. The normalized spacial score (nSPS) is 13.5. The maximum absolute atomic E-state index is 11.9. The van der Waals surface area contributed by atoms with E-state index in [1.807, 2.05) is 0 Å². The monoisotopic (exact) mass is 398 g/mol. The molecule has 0 aromatic heterocycles. The number of unbranched alkanes of at least 4 members (excludes halogenated alkanes) is 11. The lowest BCUT2D eigenvalue weighted by molar-refractivity contribution is -0.171. The molecule has 0 aromatic carbocycles. The van der Waals surface area contributed by atoms with Crippen molar-refractivity contribution in [1.82, 2.24) is 0 Å². The number of carboxylic acids is 2. The summed E-state index contributed by atoms with van der Waals surface area (Å²) in [5.41, 5.74) is -2.81. The van der Waals surface area contributed by atoms with Gasteiger partial charge in [0, 0.05) is 6.42 Å². The Morgan fingerprint density at radius 2 is 1.21 bits per heavy atom. The molecule has 1 atom stereocenters. The number of Topliss-reactive ketones (excluding diaryl/α,β-unsaturated/α-hetero) is 1. The molecule has 3 N–H and O–H groups in total. The average Bonchev–Trinajstić information content (AvgIpc) is 2.63. The first-order chi connectivity index (χ1) is 13.3. The smallest absolute Gasteiger partial charge is 0.344 e. The van der Waals surface area contributed by atoms with Crippen LogP contribution in [0.4, 0.5) is 0 Å². The molecule has 0 aliphatic carbocycles. The van der Waals surface area contributed by atoms with Crippen LogP contribution in [-0.2, 0) is 14.4 Å². The molecule has 0 radical (unpaired) electrons. The predicted molar refractivity (Wildman–Crippen MR) is 109 cm³/mol. The topological polar surface area (TPSA) is 112 Å². The molecule has 0 aromatic rings. The number of carbonyl (C=O) groups excluding carboxylic acids is 1. The Hall–Kier alpha value is -1.69. The van der Waals surface area contributed by atoms with Gasteiger partial charge in [-0.05, 0) is 32.1 Å². The third kappa shape index (κ3) is 12.7. The zero-order valence-electron chi connectivity index (χ0n) is 17.3. The van der Waals surface area contributed by atoms with E-state index in [1.165, 1.54) is 38.5 Å². The highest BCUT2D eigenvalue weighted by atomic mass is 16.4. The second kappa shape index (κ2) is 16.3. The molecule has 6 nitrogen and oxygen atoms in total. The van der Waals surface area contributed by atoms with Crippen molar-refractivity contribution in [3.05, 3.63) is 12.2 Å². The summed E-state index contributed by atoms with van der Waals surface area (Å²) in [6.45, 7) is 2.23. The SMILES string of the molecule is CCCCCCCC/C=C\CCCCCCCC(=O)C(O)(CC(=O)O)C(=O)O. The molecule has 0 amide bonds. The second-order valence-corrected chi connectivity index (χ2v) is 7.49. The van der Waals surface area contributed by atoms with Gasteiger partial charge in [-0.25, -0.2) is 4.79 Å². The lowest BCUT2D eigenvalue weighted by Gasteiger charge is -2.19. The minimum Gasteiger partial charge on any atom is -0.481 e. The molecular weight excluding hydrogens is 360 g/mol. The maximum atomic E-state index is 11.9. The highest BCUT2D eigenvalue weighted by molar-refractivity contribution is 6.08. The van der Waals surface area contributed by atoms with Gasteiger partial charge in [0.05, 0.1) is 6.42 Å². The van der Waals surface area contributed by atoms with Gasteiger partial charge in [0.25, 0.3) is 0 Å². The van der Waals surface area contributed by atoms with Gasteiger partial charge in [-0.15, -0.1) is 0 Å². The minimum absolute atomic E-state index is 0.117. The van der Waals surface area contributed by atoms with Crippen LogP contribution in [0.1, 0.15) is 103 Å². The van der Waals surface area contributed by atoms with Crippen molar-refractivity contribution in [1.29, 1.82) is 0 Å². The molecule has 162 valence electrons. The van der Waals surface area contributed by atoms with E-state index in [-0.39, 0.29) is 6.42 Å². The third-order valence-corrected chi connectivity index (χ3v) is 4.89. The van der Waals surface area contributed by atoms with E-state index in [2.05, 4.69) is 19.1 Å². The summed E-state index contributed by atoms with van der Waals surface area (Å²) in [5.74, 6) is -4.24. The maximum Gasteiger partial charge on any atom is 0.344 e. The molecule has 0 bridgehead atoms. The molecule has 0 saturated heterocycles. The third-order valence-electron chi connectivity index (χ3n) is 4.89. The Morgan fingerprint density at radius 3 is 1.68 bits per heavy atom. The molecular formula is C22H38O6. The van der Waals surface area contributed by atoms with Gasteiger partial charge in [-0.1, -0.05) is 70.4 Å². The fraction of sp³-hybridized carbons (Fsp3) is 0.773. The standard InChI is InChI=1S/C22H38O6/c1-2-3-4-5-6-7-8-9-10-11-12-13-14-15-16-17-19(23)22(28,21(26)27)18-20(24)25/h9-10,28H,2-8,11-18H2,1H3,(H,24,25)(H,26,27)/b10-9-. The van der Waals surface area contributed by atoms with Crippen LogP contribution < -0.4 is 0 Å². The highest BCUT2D eigenvalue weighted by Gasteiger charge is 2.45. The van der Waals surface area contributed by atoms with Gasteiger partial charge < -0.3 is 15.3 Å². The zero-order chi connectivity index (χ0) is 21.3. The number of allylic oxidation sites excluding steroid dienone is 2. The Bertz CT molecular complexity index is 485. The summed E-state index contributed by atoms with van der Waals surface area (Å²) < 4.78 is 0. The van der Waals surface area contributed by atoms with E-state index < -0.39 is 29.7 Å². The van der Waals surface area contributed by atoms with Crippen molar-refractivity contribution in [2.75, 3.05) is 0 Å². The van der Waals surface area contributed by atoms with Crippen molar-refractivity contribution >= 4 is 17.7 Å². The fourth-order valence-electron chi connectivity index (χ4n) is 3.08. The number of carboxylic acid groups (broad SMARTS) is 2. The van der Waals surface area contributed by atoms with Crippen LogP contribution >= 0.6 is 0 Å².